The maximum Gasteiger partial charge on any atom is 0.197 e. The number of carbonyl (C=O) groups excluding carboxylic acids is 2. The van der Waals surface area contributed by atoms with Crippen molar-refractivity contribution < 1.29 is 9.59 Å². The van der Waals surface area contributed by atoms with Gasteiger partial charge < -0.3 is 0 Å². The number of nitrogens with zero attached hydrogens (tertiary/aromatic N) is 2. The molecule has 0 atom stereocenters. The van der Waals surface area contributed by atoms with Crippen molar-refractivity contribution in [1.29, 1.82) is 0 Å². The molecule has 0 unspecified atom stereocenters. The van der Waals surface area contributed by atoms with Crippen LogP contribution in [0.3, 0.4) is 0 Å². The fourth-order valence-corrected chi connectivity index (χ4v) is 6.57. The Morgan fingerprint density at radius 1 is 0.838 bits per heavy atom. The maximum absolute atomic E-state index is 13.2. The van der Waals surface area contributed by atoms with Crippen LogP contribution in [-0.4, -0.2) is 21.1 Å². The average molecular weight is 543 g/mol. The number of thiazole rings is 1. The van der Waals surface area contributed by atoms with E-state index >= 15 is 0 Å². The summed E-state index contributed by atoms with van der Waals surface area (Å²) in [6, 6.07) is 19.1. The number of halogens is 2. The predicted octanol–water partition coefficient (Wildman–Crippen LogP) is 8.45. The molecule has 0 fully saturated rings. The molecule has 5 aromatic rings. The van der Waals surface area contributed by atoms with E-state index in [1.165, 1.54) is 28.8 Å². The van der Waals surface area contributed by atoms with Gasteiger partial charge in [-0.3, -0.25) is 14.2 Å². The van der Waals surface area contributed by atoms with Crippen LogP contribution in [0.15, 0.2) is 66.2 Å². The molecule has 7 heteroatoms. The highest BCUT2D eigenvalue weighted by Gasteiger charge is 2.34. The molecule has 1 aliphatic carbocycles. The van der Waals surface area contributed by atoms with E-state index in [0.29, 0.717) is 5.69 Å². The van der Waals surface area contributed by atoms with Gasteiger partial charge in [-0.2, -0.15) is 0 Å². The summed E-state index contributed by atoms with van der Waals surface area (Å²) in [5.74, 6) is -0.718. The summed E-state index contributed by atoms with van der Waals surface area (Å²) in [5.41, 5.74) is 7.71. The van der Waals surface area contributed by atoms with E-state index in [1.54, 1.807) is 17.4 Å². The Balaban J connectivity index is 1.55. The molecule has 0 aliphatic heterocycles. The first kappa shape index (κ1) is 23.9. The van der Waals surface area contributed by atoms with Gasteiger partial charge in [0.15, 0.2) is 17.2 Å². The quantitative estimate of drug-likeness (QED) is 0.170. The van der Waals surface area contributed by atoms with Crippen LogP contribution in [0.2, 0.25) is 10.0 Å². The van der Waals surface area contributed by atoms with Crippen molar-refractivity contribution in [2.45, 2.75) is 20.8 Å². The van der Waals surface area contributed by atoms with E-state index in [0.717, 1.165) is 26.6 Å². The third-order valence-corrected chi connectivity index (χ3v) is 8.35. The summed E-state index contributed by atoms with van der Waals surface area (Å²) in [6.45, 7) is 6.31. The van der Waals surface area contributed by atoms with Gasteiger partial charge >= 0.3 is 0 Å². The lowest BCUT2D eigenvalue weighted by molar-refractivity contribution is 0.0990. The number of aryl methyl sites for hydroxylation is 3. The minimum Gasteiger partial charge on any atom is -0.294 e. The Labute approximate surface area is 227 Å². The van der Waals surface area contributed by atoms with Gasteiger partial charge in [-0.25, -0.2) is 4.98 Å². The van der Waals surface area contributed by atoms with Crippen molar-refractivity contribution in [2.75, 3.05) is 0 Å². The van der Waals surface area contributed by atoms with Gasteiger partial charge in [-0.05, 0) is 68.3 Å². The van der Waals surface area contributed by atoms with Gasteiger partial charge in [-0.1, -0.05) is 59.1 Å². The number of carbonyl (C=O) groups is 2. The Hall–Kier alpha value is -3.51. The van der Waals surface area contributed by atoms with Crippen molar-refractivity contribution in [3.63, 3.8) is 0 Å². The highest BCUT2D eigenvalue weighted by Crippen LogP contribution is 2.39. The van der Waals surface area contributed by atoms with Crippen LogP contribution in [0.1, 0.15) is 43.1 Å². The lowest BCUT2D eigenvalue weighted by atomic mass is 10.0. The minimum atomic E-state index is -0.359. The van der Waals surface area contributed by atoms with Crippen molar-refractivity contribution in [3.05, 3.63) is 110 Å². The Morgan fingerprint density at radius 2 is 1.43 bits per heavy atom. The molecule has 4 nitrogen and oxygen atoms in total. The lowest BCUT2D eigenvalue weighted by Gasteiger charge is -2.10. The summed E-state index contributed by atoms with van der Waals surface area (Å²) in [4.78, 5) is 31.5. The highest BCUT2D eigenvalue weighted by atomic mass is 35.5. The third-order valence-electron chi connectivity index (χ3n) is 6.62. The number of Topliss-reactive ketones (excluding diaryl/α,β-unsaturated/α-hetero) is 2. The number of para-hydroxylation sites is 1. The molecule has 0 bridgehead atoms. The number of fused-ring (bicyclic) bond motifs is 2. The van der Waals surface area contributed by atoms with Gasteiger partial charge in [0.1, 0.15) is 5.01 Å². The van der Waals surface area contributed by atoms with Gasteiger partial charge in [0, 0.05) is 22.4 Å². The molecule has 2 aromatic heterocycles. The van der Waals surface area contributed by atoms with E-state index in [2.05, 4.69) is 32.9 Å². The Kier molecular flexibility index (Phi) is 5.68. The molecule has 0 N–H and O–H groups in total. The summed E-state index contributed by atoms with van der Waals surface area (Å²) in [7, 11) is 0. The molecule has 2 heterocycles. The van der Waals surface area contributed by atoms with Crippen LogP contribution >= 0.6 is 34.5 Å². The maximum atomic E-state index is 13.2. The van der Waals surface area contributed by atoms with Crippen molar-refractivity contribution >= 4 is 62.5 Å². The van der Waals surface area contributed by atoms with Gasteiger partial charge in [0.2, 0.25) is 0 Å². The number of benzene rings is 3. The second kappa shape index (κ2) is 8.80. The first-order valence-corrected chi connectivity index (χ1v) is 13.3. The zero-order valence-electron chi connectivity index (χ0n) is 20.2. The second-order valence-electron chi connectivity index (χ2n) is 9.25. The smallest absolute Gasteiger partial charge is 0.197 e. The van der Waals surface area contributed by atoms with Gasteiger partial charge in [-0.15, -0.1) is 11.3 Å². The van der Waals surface area contributed by atoms with Crippen LogP contribution in [-0.2, 0) is 0 Å². The van der Waals surface area contributed by atoms with E-state index in [1.807, 2.05) is 41.0 Å². The SMILES string of the molecule is Cc1cc(C)c(-c2nc3c(cc(C=C4C(=O)c5cc(Cl)c(Cl)cc5C4=O)n3-c3ccccc3)s2)c(C)c1. The van der Waals surface area contributed by atoms with Crippen molar-refractivity contribution in [2.24, 2.45) is 0 Å². The molecule has 182 valence electrons. The Bertz CT molecular complexity index is 1750. The number of allylic oxidation sites excluding steroid dienone is 1. The summed E-state index contributed by atoms with van der Waals surface area (Å²) >= 11 is 13.9. The van der Waals surface area contributed by atoms with E-state index in [9.17, 15) is 9.59 Å². The average Bonchev–Trinajstić information content (AvgIpc) is 3.46. The Morgan fingerprint density at radius 3 is 2.03 bits per heavy atom. The molecule has 0 saturated carbocycles. The molecule has 6 rings (SSSR count). The topological polar surface area (TPSA) is 52.0 Å². The fraction of sp³-hybridized carbons (Fsp3) is 0.100. The highest BCUT2D eigenvalue weighted by molar-refractivity contribution is 7.21. The molecule has 0 spiro atoms. The van der Waals surface area contributed by atoms with Crippen molar-refractivity contribution in [3.8, 4) is 16.3 Å². The van der Waals surface area contributed by atoms with E-state index in [4.69, 9.17) is 28.2 Å². The van der Waals surface area contributed by atoms with Crippen LogP contribution < -0.4 is 0 Å². The molecule has 1 aliphatic rings. The molecular formula is C30H20Cl2N2O2S. The number of rotatable bonds is 3. The van der Waals surface area contributed by atoms with Crippen molar-refractivity contribution in [1.82, 2.24) is 9.55 Å². The third kappa shape index (κ3) is 3.86. The second-order valence-corrected chi connectivity index (χ2v) is 11.1. The van der Waals surface area contributed by atoms with Gasteiger partial charge in [0.25, 0.3) is 0 Å². The molecule has 3 aromatic carbocycles. The van der Waals surface area contributed by atoms with E-state index in [-0.39, 0.29) is 38.3 Å². The number of ketones is 2. The minimum absolute atomic E-state index is 0.0844. The normalized spacial score (nSPS) is 13.1. The van der Waals surface area contributed by atoms with E-state index < -0.39 is 0 Å². The predicted molar refractivity (Wildman–Crippen MR) is 152 cm³/mol. The molecule has 0 radical (unpaired) electrons. The fourth-order valence-electron chi connectivity index (χ4n) is 5.07. The lowest BCUT2D eigenvalue weighted by Crippen LogP contribution is -2.03. The standard InChI is InChI=1S/C30H20Cl2N2O2S/c1-15-9-16(2)26(17(3)10-15)30-33-29-25(37-30)12-19(34(29)18-7-5-4-6-8-18)11-22-27(35)20-13-23(31)24(32)14-21(20)28(22)36/h4-14H,1-3H3. The summed E-state index contributed by atoms with van der Waals surface area (Å²) in [5, 5.41) is 1.43. The zero-order valence-corrected chi connectivity index (χ0v) is 22.6. The number of aromatic nitrogens is 2. The monoisotopic (exact) mass is 542 g/mol. The largest absolute Gasteiger partial charge is 0.294 e. The molecular weight excluding hydrogens is 523 g/mol. The number of hydrogen-bond acceptors (Lipinski definition) is 4. The van der Waals surface area contributed by atoms with Gasteiger partial charge in [0.05, 0.1) is 26.0 Å². The molecule has 0 saturated heterocycles. The van der Waals surface area contributed by atoms with Crippen LogP contribution in [0.4, 0.5) is 0 Å². The summed E-state index contributed by atoms with van der Waals surface area (Å²) < 4.78 is 2.96. The molecule has 37 heavy (non-hydrogen) atoms. The first-order chi connectivity index (χ1) is 17.7. The van der Waals surface area contributed by atoms with Crippen LogP contribution in [0.25, 0.3) is 32.7 Å². The van der Waals surface area contributed by atoms with Crippen LogP contribution in [0, 0.1) is 20.8 Å². The van der Waals surface area contributed by atoms with Crippen LogP contribution in [0.5, 0.6) is 0 Å². The molecule has 0 amide bonds. The summed E-state index contributed by atoms with van der Waals surface area (Å²) in [6.07, 6.45) is 1.65. The zero-order chi connectivity index (χ0) is 26.0. The number of hydrogen-bond donors (Lipinski definition) is 0. The first-order valence-electron chi connectivity index (χ1n) is 11.7.